The van der Waals surface area contributed by atoms with Gasteiger partial charge in [-0.3, -0.25) is 4.79 Å². The highest BCUT2D eigenvalue weighted by Crippen LogP contribution is 2.20. The molecule has 0 bridgehead atoms. The average molecular weight is 275 g/mol. The molecule has 0 spiro atoms. The molecule has 4 heteroatoms. The van der Waals surface area contributed by atoms with Crippen LogP contribution in [0, 0.1) is 5.82 Å². The second-order valence-electron chi connectivity index (χ2n) is 4.57. The molecule has 1 aromatic carbocycles. The molecule has 2 aromatic rings. The van der Waals surface area contributed by atoms with Crippen molar-refractivity contribution in [1.29, 1.82) is 0 Å². The molecule has 0 saturated heterocycles. The fourth-order valence-corrected chi connectivity index (χ4v) is 2.43. The fraction of sp³-hybridized carbons (Fsp3) is 0.312. The Bertz CT molecular complexity index is 716. The van der Waals surface area contributed by atoms with Crippen LogP contribution in [0.1, 0.15) is 25.1 Å². The van der Waals surface area contributed by atoms with E-state index in [2.05, 4.69) is 0 Å². The second kappa shape index (κ2) is 6.01. The lowest BCUT2D eigenvalue weighted by Gasteiger charge is -2.14. The summed E-state index contributed by atoms with van der Waals surface area (Å²) < 4.78 is 16.0. The van der Waals surface area contributed by atoms with Crippen molar-refractivity contribution in [3.63, 3.8) is 0 Å². The SMILES string of the molecule is CCc1cc(=O)c2cc(F)c(/C=C/CO)cc2n1CC. The molecule has 0 amide bonds. The van der Waals surface area contributed by atoms with Gasteiger partial charge in [-0.2, -0.15) is 0 Å². The van der Waals surface area contributed by atoms with E-state index in [1.165, 1.54) is 18.2 Å². The van der Waals surface area contributed by atoms with Crippen molar-refractivity contribution in [2.75, 3.05) is 6.61 Å². The third-order valence-electron chi connectivity index (χ3n) is 3.40. The molecular weight excluding hydrogens is 257 g/mol. The van der Waals surface area contributed by atoms with Crippen LogP contribution < -0.4 is 5.43 Å². The number of aliphatic hydroxyl groups is 1. The summed E-state index contributed by atoms with van der Waals surface area (Å²) in [4.78, 5) is 12.1. The highest BCUT2D eigenvalue weighted by atomic mass is 19.1. The van der Waals surface area contributed by atoms with Crippen LogP contribution in [0.3, 0.4) is 0 Å². The van der Waals surface area contributed by atoms with E-state index in [-0.39, 0.29) is 12.0 Å². The molecule has 3 nitrogen and oxygen atoms in total. The maximum Gasteiger partial charge on any atom is 0.189 e. The standard InChI is InChI=1S/C16H18FNO2/c1-3-12-9-16(20)13-10-14(17)11(6-5-7-19)8-15(13)18(12)4-2/h5-6,8-10,19H,3-4,7H2,1-2H3/b6-5+. The zero-order chi connectivity index (χ0) is 14.7. The molecule has 1 N–H and O–H groups in total. The molecule has 0 saturated carbocycles. The first-order chi connectivity index (χ1) is 9.62. The number of fused-ring (bicyclic) bond motifs is 1. The number of hydrogen-bond acceptors (Lipinski definition) is 2. The van der Waals surface area contributed by atoms with Gasteiger partial charge in [0.2, 0.25) is 0 Å². The van der Waals surface area contributed by atoms with Gasteiger partial charge in [0.1, 0.15) is 5.82 Å². The number of nitrogens with zero attached hydrogens (tertiary/aromatic N) is 1. The Hall–Kier alpha value is -1.94. The smallest absolute Gasteiger partial charge is 0.189 e. The zero-order valence-electron chi connectivity index (χ0n) is 11.7. The molecule has 0 unspecified atom stereocenters. The minimum Gasteiger partial charge on any atom is -0.392 e. The summed E-state index contributed by atoms with van der Waals surface area (Å²) in [6.07, 6.45) is 3.75. The third kappa shape index (κ3) is 2.51. The minimum atomic E-state index is -0.453. The summed E-state index contributed by atoms with van der Waals surface area (Å²) in [7, 11) is 0. The molecule has 0 radical (unpaired) electrons. The van der Waals surface area contributed by atoms with Crippen molar-refractivity contribution in [3.05, 3.63) is 51.6 Å². The third-order valence-corrected chi connectivity index (χ3v) is 3.40. The highest BCUT2D eigenvalue weighted by molar-refractivity contribution is 5.82. The Kier molecular flexibility index (Phi) is 4.35. The van der Waals surface area contributed by atoms with Gasteiger partial charge in [-0.05, 0) is 25.5 Å². The number of halogens is 1. The average Bonchev–Trinajstić information content (AvgIpc) is 2.45. The lowest BCUT2D eigenvalue weighted by Crippen LogP contribution is -2.13. The molecule has 0 aliphatic rings. The van der Waals surface area contributed by atoms with E-state index >= 15 is 0 Å². The predicted octanol–water partition coefficient (Wildman–Crippen LogP) is 2.73. The van der Waals surface area contributed by atoms with Crippen LogP contribution in [0.25, 0.3) is 17.0 Å². The van der Waals surface area contributed by atoms with E-state index in [0.29, 0.717) is 10.9 Å². The van der Waals surface area contributed by atoms with Gasteiger partial charge in [-0.1, -0.05) is 19.1 Å². The first-order valence-electron chi connectivity index (χ1n) is 6.75. The molecule has 0 aliphatic carbocycles. The van der Waals surface area contributed by atoms with Gasteiger partial charge >= 0.3 is 0 Å². The van der Waals surface area contributed by atoms with Gasteiger partial charge < -0.3 is 9.67 Å². The van der Waals surface area contributed by atoms with Gasteiger partial charge in [-0.25, -0.2) is 4.39 Å². The van der Waals surface area contributed by atoms with Crippen LogP contribution >= 0.6 is 0 Å². The number of rotatable bonds is 4. The van der Waals surface area contributed by atoms with Crippen LogP contribution in [0.4, 0.5) is 4.39 Å². The minimum absolute atomic E-state index is 0.146. The Morgan fingerprint density at radius 1 is 1.30 bits per heavy atom. The first-order valence-corrected chi connectivity index (χ1v) is 6.75. The van der Waals surface area contributed by atoms with E-state index in [4.69, 9.17) is 5.11 Å². The van der Waals surface area contributed by atoms with Crippen LogP contribution in [0.15, 0.2) is 29.1 Å². The summed E-state index contributed by atoms with van der Waals surface area (Å²) in [6, 6.07) is 4.52. The molecule has 1 aromatic heterocycles. The van der Waals surface area contributed by atoms with Crippen molar-refractivity contribution < 1.29 is 9.50 Å². The Balaban J connectivity index is 2.82. The number of aryl methyl sites for hydroxylation is 2. The van der Waals surface area contributed by atoms with Gasteiger partial charge in [0.25, 0.3) is 0 Å². The van der Waals surface area contributed by atoms with Crippen molar-refractivity contribution >= 4 is 17.0 Å². The largest absolute Gasteiger partial charge is 0.392 e. The number of aliphatic hydroxyl groups excluding tert-OH is 1. The number of pyridine rings is 1. The lowest BCUT2D eigenvalue weighted by atomic mass is 10.1. The fourth-order valence-electron chi connectivity index (χ4n) is 2.43. The van der Waals surface area contributed by atoms with Gasteiger partial charge in [0, 0.05) is 29.3 Å². The highest BCUT2D eigenvalue weighted by Gasteiger charge is 2.10. The van der Waals surface area contributed by atoms with Crippen molar-refractivity contribution in [2.45, 2.75) is 26.8 Å². The maximum atomic E-state index is 14.0. The molecular formula is C16H18FNO2. The van der Waals surface area contributed by atoms with E-state index in [1.54, 1.807) is 12.1 Å². The number of hydrogen-bond donors (Lipinski definition) is 1. The van der Waals surface area contributed by atoms with Crippen LogP contribution in [-0.2, 0) is 13.0 Å². The summed E-state index contributed by atoms with van der Waals surface area (Å²) in [6.45, 7) is 4.56. The predicted molar refractivity (Wildman–Crippen MR) is 79.3 cm³/mol. The molecule has 0 atom stereocenters. The summed E-state index contributed by atoms with van der Waals surface area (Å²) in [5, 5.41) is 9.19. The molecule has 106 valence electrons. The van der Waals surface area contributed by atoms with E-state index in [9.17, 15) is 9.18 Å². The van der Waals surface area contributed by atoms with E-state index in [1.807, 2.05) is 18.4 Å². The monoisotopic (exact) mass is 275 g/mol. The van der Waals surface area contributed by atoms with Gasteiger partial charge in [-0.15, -0.1) is 0 Å². The van der Waals surface area contributed by atoms with Gasteiger partial charge in [0.15, 0.2) is 5.43 Å². The summed E-state index contributed by atoms with van der Waals surface area (Å²) in [5.74, 6) is -0.453. The van der Waals surface area contributed by atoms with E-state index in [0.717, 1.165) is 24.2 Å². The summed E-state index contributed by atoms with van der Waals surface area (Å²) in [5.41, 5.74) is 1.89. The molecule has 20 heavy (non-hydrogen) atoms. The Labute approximate surface area is 117 Å². The Morgan fingerprint density at radius 2 is 2.05 bits per heavy atom. The van der Waals surface area contributed by atoms with Crippen molar-refractivity contribution in [2.24, 2.45) is 0 Å². The van der Waals surface area contributed by atoms with Crippen LogP contribution in [0.2, 0.25) is 0 Å². The number of benzene rings is 1. The van der Waals surface area contributed by atoms with Crippen LogP contribution in [-0.4, -0.2) is 16.3 Å². The second-order valence-corrected chi connectivity index (χ2v) is 4.57. The molecule has 0 aliphatic heterocycles. The first kappa shape index (κ1) is 14.5. The number of aromatic nitrogens is 1. The Morgan fingerprint density at radius 3 is 2.65 bits per heavy atom. The molecule has 0 fully saturated rings. The van der Waals surface area contributed by atoms with Gasteiger partial charge in [0.05, 0.1) is 12.1 Å². The topological polar surface area (TPSA) is 42.2 Å². The molecule has 2 rings (SSSR count). The lowest BCUT2D eigenvalue weighted by molar-refractivity contribution is 0.343. The van der Waals surface area contributed by atoms with Crippen molar-refractivity contribution in [1.82, 2.24) is 4.57 Å². The quantitative estimate of drug-likeness (QED) is 0.932. The van der Waals surface area contributed by atoms with Crippen LogP contribution in [0.5, 0.6) is 0 Å². The molecule has 1 heterocycles. The zero-order valence-corrected chi connectivity index (χ0v) is 11.7. The summed E-state index contributed by atoms with van der Waals surface area (Å²) >= 11 is 0. The normalized spacial score (nSPS) is 11.6. The maximum absolute atomic E-state index is 14.0. The van der Waals surface area contributed by atoms with E-state index < -0.39 is 5.82 Å². The van der Waals surface area contributed by atoms with Crippen molar-refractivity contribution in [3.8, 4) is 0 Å².